The largest absolute Gasteiger partial charge is 0.495 e. The Morgan fingerprint density at radius 3 is 3.00 bits per heavy atom. The minimum Gasteiger partial charge on any atom is -0.495 e. The van der Waals surface area contributed by atoms with Gasteiger partial charge in [-0.1, -0.05) is 6.58 Å². The molecule has 0 aromatic rings. The van der Waals surface area contributed by atoms with Crippen LogP contribution in [0.1, 0.15) is 25.7 Å². The van der Waals surface area contributed by atoms with Gasteiger partial charge < -0.3 is 4.74 Å². The molecule has 1 aliphatic carbocycles. The minimum atomic E-state index is -0.645. The molecule has 0 amide bonds. The van der Waals surface area contributed by atoms with Crippen LogP contribution in [0, 0.1) is 5.92 Å². The van der Waals surface area contributed by atoms with Gasteiger partial charge in [-0.3, -0.25) is 0 Å². The quantitative estimate of drug-likeness (QED) is 0.523. The summed E-state index contributed by atoms with van der Waals surface area (Å²) in [5.74, 6) is 0.904. The standard InChI is InChI=1S/C9H13FO/c1-6-5-7-8(10)3-2-4-9(7)11-6/h7-9H,1-5H2. The maximum Gasteiger partial charge on any atom is 0.107 e. The Labute approximate surface area is 66.2 Å². The molecule has 2 aliphatic rings. The Balaban J connectivity index is 2.09. The summed E-state index contributed by atoms with van der Waals surface area (Å²) in [5.41, 5.74) is 0. The van der Waals surface area contributed by atoms with Gasteiger partial charge in [0, 0.05) is 12.3 Å². The first kappa shape index (κ1) is 7.14. The van der Waals surface area contributed by atoms with Crippen LogP contribution in [0.3, 0.4) is 0 Å². The Bertz CT molecular complexity index is 178. The second-order valence-electron chi connectivity index (χ2n) is 3.51. The zero-order valence-corrected chi connectivity index (χ0v) is 6.55. The van der Waals surface area contributed by atoms with Gasteiger partial charge in [0.1, 0.15) is 12.3 Å². The van der Waals surface area contributed by atoms with E-state index in [1.54, 1.807) is 0 Å². The SMILES string of the molecule is C=C1CC2C(F)CCCC2O1. The number of allylic oxidation sites excluding steroid dienone is 1. The molecule has 2 fully saturated rings. The molecule has 2 rings (SSSR count). The predicted molar refractivity (Wildman–Crippen MR) is 40.9 cm³/mol. The first-order valence-corrected chi connectivity index (χ1v) is 4.26. The number of alkyl halides is 1. The van der Waals surface area contributed by atoms with E-state index in [2.05, 4.69) is 6.58 Å². The summed E-state index contributed by atoms with van der Waals surface area (Å²) in [6, 6.07) is 0. The van der Waals surface area contributed by atoms with Gasteiger partial charge in [-0.15, -0.1) is 0 Å². The van der Waals surface area contributed by atoms with Crippen LogP contribution >= 0.6 is 0 Å². The van der Waals surface area contributed by atoms with Gasteiger partial charge in [-0.05, 0) is 19.3 Å². The fraction of sp³-hybridized carbons (Fsp3) is 0.778. The van der Waals surface area contributed by atoms with E-state index >= 15 is 0 Å². The topological polar surface area (TPSA) is 9.23 Å². The van der Waals surface area contributed by atoms with Crippen molar-refractivity contribution in [2.45, 2.75) is 38.0 Å². The molecule has 3 unspecified atom stereocenters. The van der Waals surface area contributed by atoms with Crippen molar-refractivity contribution in [1.82, 2.24) is 0 Å². The minimum absolute atomic E-state index is 0.122. The highest BCUT2D eigenvalue weighted by Crippen LogP contribution is 2.39. The third-order valence-corrected chi connectivity index (χ3v) is 2.69. The van der Waals surface area contributed by atoms with E-state index in [9.17, 15) is 4.39 Å². The number of rotatable bonds is 0. The molecule has 3 atom stereocenters. The van der Waals surface area contributed by atoms with Crippen molar-refractivity contribution in [2.75, 3.05) is 0 Å². The van der Waals surface area contributed by atoms with Crippen molar-refractivity contribution in [3.05, 3.63) is 12.3 Å². The molecule has 1 nitrogen and oxygen atoms in total. The van der Waals surface area contributed by atoms with Gasteiger partial charge in [0.05, 0.1) is 5.76 Å². The molecule has 62 valence electrons. The highest BCUT2D eigenvalue weighted by molar-refractivity contribution is 5.00. The molecular formula is C9H13FO. The van der Waals surface area contributed by atoms with Crippen LogP contribution in [0.15, 0.2) is 12.3 Å². The van der Waals surface area contributed by atoms with Gasteiger partial charge in [-0.25, -0.2) is 4.39 Å². The Hall–Kier alpha value is -0.530. The molecule has 0 N–H and O–H groups in total. The number of hydrogen-bond acceptors (Lipinski definition) is 1. The summed E-state index contributed by atoms with van der Waals surface area (Å²) in [4.78, 5) is 0. The van der Waals surface area contributed by atoms with E-state index in [0.717, 1.165) is 31.4 Å². The van der Waals surface area contributed by atoms with Crippen molar-refractivity contribution in [2.24, 2.45) is 5.92 Å². The molecular weight excluding hydrogens is 143 g/mol. The van der Waals surface area contributed by atoms with E-state index in [1.807, 2.05) is 0 Å². The zero-order chi connectivity index (χ0) is 7.84. The highest BCUT2D eigenvalue weighted by atomic mass is 19.1. The molecule has 1 aliphatic heterocycles. The molecule has 0 spiro atoms. The average Bonchev–Trinajstić information content (AvgIpc) is 2.31. The van der Waals surface area contributed by atoms with Gasteiger partial charge in [0.15, 0.2) is 0 Å². The zero-order valence-electron chi connectivity index (χ0n) is 6.55. The predicted octanol–water partition coefficient (Wildman–Crippen LogP) is 2.43. The summed E-state index contributed by atoms with van der Waals surface area (Å²) in [5, 5.41) is 0. The summed E-state index contributed by atoms with van der Waals surface area (Å²) in [7, 11) is 0. The molecule has 1 saturated heterocycles. The lowest BCUT2D eigenvalue weighted by atomic mass is 9.84. The summed E-state index contributed by atoms with van der Waals surface area (Å²) in [6.45, 7) is 3.72. The van der Waals surface area contributed by atoms with Crippen LogP contribution in [0.4, 0.5) is 4.39 Å². The monoisotopic (exact) mass is 156 g/mol. The van der Waals surface area contributed by atoms with Gasteiger partial charge in [0.2, 0.25) is 0 Å². The van der Waals surface area contributed by atoms with Gasteiger partial charge in [0.25, 0.3) is 0 Å². The van der Waals surface area contributed by atoms with Crippen molar-refractivity contribution in [3.8, 4) is 0 Å². The molecule has 0 radical (unpaired) electrons. The number of fused-ring (bicyclic) bond motifs is 1. The summed E-state index contributed by atoms with van der Waals surface area (Å²) < 4.78 is 18.6. The fourth-order valence-corrected chi connectivity index (χ4v) is 2.11. The third-order valence-electron chi connectivity index (χ3n) is 2.69. The number of hydrogen-bond donors (Lipinski definition) is 0. The molecule has 0 aromatic carbocycles. The van der Waals surface area contributed by atoms with Crippen LogP contribution in [0.2, 0.25) is 0 Å². The first-order chi connectivity index (χ1) is 5.27. The van der Waals surface area contributed by atoms with Crippen LogP contribution in [0.25, 0.3) is 0 Å². The van der Waals surface area contributed by atoms with E-state index in [1.165, 1.54) is 0 Å². The van der Waals surface area contributed by atoms with Gasteiger partial charge >= 0.3 is 0 Å². The Kier molecular flexibility index (Phi) is 1.63. The Morgan fingerprint density at radius 1 is 1.45 bits per heavy atom. The second-order valence-corrected chi connectivity index (χ2v) is 3.51. The maximum atomic E-state index is 13.2. The van der Waals surface area contributed by atoms with Crippen LogP contribution in [-0.4, -0.2) is 12.3 Å². The average molecular weight is 156 g/mol. The van der Waals surface area contributed by atoms with Crippen molar-refractivity contribution in [1.29, 1.82) is 0 Å². The van der Waals surface area contributed by atoms with E-state index in [0.29, 0.717) is 0 Å². The number of halogens is 1. The summed E-state index contributed by atoms with van der Waals surface area (Å²) in [6.07, 6.45) is 2.95. The van der Waals surface area contributed by atoms with Crippen molar-refractivity contribution in [3.63, 3.8) is 0 Å². The second kappa shape index (κ2) is 2.50. The van der Waals surface area contributed by atoms with E-state index in [-0.39, 0.29) is 12.0 Å². The van der Waals surface area contributed by atoms with Crippen LogP contribution in [-0.2, 0) is 4.74 Å². The van der Waals surface area contributed by atoms with Crippen molar-refractivity contribution < 1.29 is 9.13 Å². The molecule has 0 bridgehead atoms. The Morgan fingerprint density at radius 2 is 2.27 bits per heavy atom. The van der Waals surface area contributed by atoms with E-state index in [4.69, 9.17) is 4.74 Å². The maximum absolute atomic E-state index is 13.2. The normalized spacial score (nSPS) is 43.4. The van der Waals surface area contributed by atoms with Crippen LogP contribution < -0.4 is 0 Å². The smallest absolute Gasteiger partial charge is 0.107 e. The lowest BCUT2D eigenvalue weighted by Crippen LogP contribution is -2.29. The molecule has 1 saturated carbocycles. The van der Waals surface area contributed by atoms with Crippen LogP contribution in [0.5, 0.6) is 0 Å². The highest BCUT2D eigenvalue weighted by Gasteiger charge is 2.39. The lowest BCUT2D eigenvalue weighted by Gasteiger charge is -2.26. The fourth-order valence-electron chi connectivity index (χ4n) is 2.11. The molecule has 2 heteroatoms. The first-order valence-electron chi connectivity index (χ1n) is 4.26. The molecule has 11 heavy (non-hydrogen) atoms. The van der Waals surface area contributed by atoms with Gasteiger partial charge in [-0.2, -0.15) is 0 Å². The molecule has 1 heterocycles. The third kappa shape index (κ3) is 1.15. The van der Waals surface area contributed by atoms with Crippen molar-refractivity contribution >= 4 is 0 Å². The molecule has 0 aromatic heterocycles. The lowest BCUT2D eigenvalue weighted by molar-refractivity contribution is 0.0506. The number of ether oxygens (including phenoxy) is 1. The van der Waals surface area contributed by atoms with E-state index < -0.39 is 6.17 Å². The summed E-state index contributed by atoms with van der Waals surface area (Å²) >= 11 is 0.